The van der Waals surface area contributed by atoms with Gasteiger partial charge in [0.25, 0.3) is 0 Å². The molecule has 2 atom stereocenters. The van der Waals surface area contributed by atoms with Crippen molar-refractivity contribution < 1.29 is 22.7 Å². The SMILES string of the molecule is CC(C)CC1CC(C(=O)Nc2ccc(OC(F)(F)F)cc2)NN1. The standard InChI is InChI=1S/C15H20F3N3O2/c1-9(2)7-11-8-13(21-20-11)14(22)19-10-3-5-12(6-4-10)23-15(16,17)18/h3-6,9,11,13,20-21H,7-8H2,1-2H3,(H,19,22). The van der Waals surface area contributed by atoms with Crippen LogP contribution in [0.15, 0.2) is 24.3 Å². The van der Waals surface area contributed by atoms with Gasteiger partial charge in [-0.1, -0.05) is 13.8 Å². The first-order valence-corrected chi connectivity index (χ1v) is 7.40. The Morgan fingerprint density at radius 2 is 1.96 bits per heavy atom. The molecular formula is C15H20F3N3O2. The lowest BCUT2D eigenvalue weighted by Crippen LogP contribution is -2.40. The fourth-order valence-corrected chi connectivity index (χ4v) is 2.49. The Labute approximate surface area is 132 Å². The van der Waals surface area contributed by atoms with Crippen LogP contribution in [0.5, 0.6) is 5.75 Å². The van der Waals surface area contributed by atoms with Gasteiger partial charge in [-0.3, -0.25) is 10.2 Å². The second kappa shape index (κ2) is 7.18. The zero-order valence-electron chi connectivity index (χ0n) is 12.9. The van der Waals surface area contributed by atoms with E-state index in [0.29, 0.717) is 18.0 Å². The lowest BCUT2D eigenvalue weighted by molar-refractivity contribution is -0.274. The molecule has 0 spiro atoms. The van der Waals surface area contributed by atoms with Gasteiger partial charge in [-0.15, -0.1) is 13.2 Å². The summed E-state index contributed by atoms with van der Waals surface area (Å²) in [6.07, 6.45) is -3.10. The van der Waals surface area contributed by atoms with Gasteiger partial charge in [-0.05, 0) is 43.0 Å². The van der Waals surface area contributed by atoms with Crippen LogP contribution < -0.4 is 20.9 Å². The van der Waals surface area contributed by atoms with Gasteiger partial charge >= 0.3 is 6.36 Å². The monoisotopic (exact) mass is 331 g/mol. The van der Waals surface area contributed by atoms with E-state index in [1.165, 1.54) is 12.1 Å². The van der Waals surface area contributed by atoms with E-state index in [1.54, 1.807) is 0 Å². The highest BCUT2D eigenvalue weighted by atomic mass is 19.4. The number of halogens is 3. The van der Waals surface area contributed by atoms with Crippen LogP contribution in [0.1, 0.15) is 26.7 Å². The predicted octanol–water partition coefficient (Wildman–Crippen LogP) is 2.80. The van der Waals surface area contributed by atoms with Gasteiger partial charge in [0, 0.05) is 11.7 Å². The number of amides is 1. The molecule has 0 aromatic heterocycles. The highest BCUT2D eigenvalue weighted by Gasteiger charge is 2.31. The van der Waals surface area contributed by atoms with Crippen molar-refractivity contribution in [1.82, 2.24) is 10.9 Å². The maximum atomic E-state index is 12.1. The summed E-state index contributed by atoms with van der Waals surface area (Å²) in [7, 11) is 0. The Hall–Kier alpha value is -1.80. The number of carbonyl (C=O) groups excluding carboxylic acids is 1. The lowest BCUT2D eigenvalue weighted by atomic mass is 10.00. The Morgan fingerprint density at radius 1 is 1.30 bits per heavy atom. The van der Waals surface area contributed by atoms with Crippen molar-refractivity contribution in [3.8, 4) is 5.75 Å². The summed E-state index contributed by atoms with van der Waals surface area (Å²) < 4.78 is 40.0. The number of ether oxygens (including phenoxy) is 1. The maximum absolute atomic E-state index is 12.1. The van der Waals surface area contributed by atoms with E-state index in [-0.39, 0.29) is 23.7 Å². The average Bonchev–Trinajstić information content (AvgIpc) is 2.87. The van der Waals surface area contributed by atoms with Gasteiger partial charge < -0.3 is 10.1 Å². The van der Waals surface area contributed by atoms with Crippen molar-refractivity contribution in [1.29, 1.82) is 0 Å². The van der Waals surface area contributed by atoms with Crippen molar-refractivity contribution in [3.05, 3.63) is 24.3 Å². The molecule has 2 rings (SSSR count). The number of anilines is 1. The summed E-state index contributed by atoms with van der Waals surface area (Å²) in [6, 6.07) is 4.91. The highest BCUT2D eigenvalue weighted by Crippen LogP contribution is 2.24. The third kappa shape index (κ3) is 5.72. The van der Waals surface area contributed by atoms with Gasteiger partial charge in [0.2, 0.25) is 5.91 Å². The van der Waals surface area contributed by atoms with Crippen molar-refractivity contribution >= 4 is 11.6 Å². The molecular weight excluding hydrogens is 311 g/mol. The molecule has 0 bridgehead atoms. The van der Waals surface area contributed by atoms with Crippen molar-refractivity contribution in [2.45, 2.75) is 45.1 Å². The number of carbonyl (C=O) groups is 1. The van der Waals surface area contributed by atoms with Gasteiger partial charge in [0.1, 0.15) is 11.8 Å². The molecule has 1 aliphatic rings. The van der Waals surface area contributed by atoms with Gasteiger partial charge in [-0.25, -0.2) is 5.43 Å². The van der Waals surface area contributed by atoms with Crippen LogP contribution in [-0.4, -0.2) is 24.4 Å². The Kier molecular flexibility index (Phi) is 5.48. The molecule has 3 N–H and O–H groups in total. The van der Waals surface area contributed by atoms with Crippen LogP contribution in [0, 0.1) is 5.92 Å². The molecule has 1 aromatic rings. The van der Waals surface area contributed by atoms with Crippen molar-refractivity contribution in [3.63, 3.8) is 0 Å². The molecule has 1 fully saturated rings. The molecule has 0 radical (unpaired) electrons. The van der Waals surface area contributed by atoms with Crippen LogP contribution in [0.25, 0.3) is 0 Å². The van der Waals surface area contributed by atoms with E-state index in [0.717, 1.165) is 18.6 Å². The van der Waals surface area contributed by atoms with E-state index in [9.17, 15) is 18.0 Å². The van der Waals surface area contributed by atoms with Crippen LogP contribution in [-0.2, 0) is 4.79 Å². The third-order valence-electron chi connectivity index (χ3n) is 3.41. The Morgan fingerprint density at radius 3 is 2.52 bits per heavy atom. The maximum Gasteiger partial charge on any atom is 0.573 e. The average molecular weight is 331 g/mol. The molecule has 5 nitrogen and oxygen atoms in total. The van der Waals surface area contributed by atoms with E-state index < -0.39 is 6.36 Å². The van der Waals surface area contributed by atoms with E-state index in [1.807, 2.05) is 0 Å². The number of hydrazine groups is 1. The van der Waals surface area contributed by atoms with E-state index in [4.69, 9.17) is 0 Å². The first-order valence-electron chi connectivity index (χ1n) is 7.40. The number of benzene rings is 1. The molecule has 0 aliphatic carbocycles. The summed E-state index contributed by atoms with van der Waals surface area (Å²) in [5.74, 6) is -0.0290. The predicted molar refractivity (Wildman–Crippen MR) is 79.7 cm³/mol. The first kappa shape index (κ1) is 17.6. The highest BCUT2D eigenvalue weighted by molar-refractivity contribution is 5.95. The van der Waals surface area contributed by atoms with E-state index >= 15 is 0 Å². The number of hydrogen-bond donors (Lipinski definition) is 3. The van der Waals surface area contributed by atoms with Crippen molar-refractivity contribution in [2.24, 2.45) is 5.92 Å². The topological polar surface area (TPSA) is 62.4 Å². The molecule has 1 aliphatic heterocycles. The Bertz CT molecular complexity index is 532. The minimum absolute atomic E-state index is 0.228. The second-order valence-corrected chi connectivity index (χ2v) is 5.96. The molecule has 1 heterocycles. The third-order valence-corrected chi connectivity index (χ3v) is 3.41. The molecule has 1 saturated heterocycles. The fourth-order valence-electron chi connectivity index (χ4n) is 2.49. The minimum Gasteiger partial charge on any atom is -0.406 e. The van der Waals surface area contributed by atoms with Crippen molar-refractivity contribution in [2.75, 3.05) is 5.32 Å². The molecule has 1 aromatic carbocycles. The van der Waals surface area contributed by atoms with Crippen LogP contribution >= 0.6 is 0 Å². The smallest absolute Gasteiger partial charge is 0.406 e. The lowest BCUT2D eigenvalue weighted by Gasteiger charge is -2.12. The fraction of sp³-hybridized carbons (Fsp3) is 0.533. The summed E-state index contributed by atoms with van der Waals surface area (Å²) in [5, 5.41) is 2.67. The zero-order valence-corrected chi connectivity index (χ0v) is 12.9. The normalized spacial score (nSPS) is 21.5. The van der Waals surface area contributed by atoms with Crippen LogP contribution in [0.4, 0.5) is 18.9 Å². The van der Waals surface area contributed by atoms with E-state index in [2.05, 4.69) is 34.8 Å². The number of alkyl halides is 3. The molecule has 23 heavy (non-hydrogen) atoms. The molecule has 128 valence electrons. The van der Waals surface area contributed by atoms with Gasteiger partial charge in [0.15, 0.2) is 0 Å². The Balaban J connectivity index is 1.86. The summed E-state index contributed by atoms with van der Waals surface area (Å²) >= 11 is 0. The molecule has 8 heteroatoms. The quantitative estimate of drug-likeness (QED) is 0.776. The largest absolute Gasteiger partial charge is 0.573 e. The first-order chi connectivity index (χ1) is 10.7. The van der Waals surface area contributed by atoms with Gasteiger partial charge in [-0.2, -0.15) is 0 Å². The van der Waals surface area contributed by atoms with Crippen LogP contribution in [0.3, 0.4) is 0 Å². The minimum atomic E-state index is -4.73. The summed E-state index contributed by atoms with van der Waals surface area (Å²) in [6.45, 7) is 4.22. The van der Waals surface area contributed by atoms with Crippen LogP contribution in [0.2, 0.25) is 0 Å². The summed E-state index contributed by atoms with van der Waals surface area (Å²) in [5.41, 5.74) is 6.44. The molecule has 1 amide bonds. The van der Waals surface area contributed by atoms with Gasteiger partial charge in [0.05, 0.1) is 0 Å². The number of rotatable bonds is 5. The molecule has 2 unspecified atom stereocenters. The second-order valence-electron chi connectivity index (χ2n) is 5.96. The number of nitrogens with one attached hydrogen (secondary N) is 3. The zero-order chi connectivity index (χ0) is 17.0. The number of hydrogen-bond acceptors (Lipinski definition) is 4. The molecule has 0 saturated carbocycles. The summed E-state index contributed by atoms with van der Waals surface area (Å²) in [4.78, 5) is 12.1.